The summed E-state index contributed by atoms with van der Waals surface area (Å²) in [5, 5.41) is 9.07. The van der Waals surface area contributed by atoms with E-state index in [4.69, 9.17) is 0 Å². The molecule has 86 valence electrons. The first-order valence-corrected chi connectivity index (χ1v) is 4.96. The highest BCUT2D eigenvalue weighted by Crippen LogP contribution is 2.13. The fourth-order valence-corrected chi connectivity index (χ4v) is 1.19. The number of hydrogen-bond acceptors (Lipinski definition) is 4. The number of H-pyrrole nitrogens is 1. The van der Waals surface area contributed by atoms with E-state index in [0.29, 0.717) is 22.9 Å². The number of nitrogens with one attached hydrogen (secondary N) is 2. The summed E-state index contributed by atoms with van der Waals surface area (Å²) in [5.41, 5.74) is 1.04. The summed E-state index contributed by atoms with van der Waals surface area (Å²) >= 11 is 0. The van der Waals surface area contributed by atoms with Gasteiger partial charge in [-0.2, -0.15) is 5.10 Å². The Hall–Kier alpha value is -2.50. The number of aromatic nitrogens is 4. The Labute approximate surface area is 97.8 Å². The van der Waals surface area contributed by atoms with Crippen LogP contribution >= 0.6 is 0 Å². The number of nitrogens with zero attached hydrogens (tertiary/aromatic N) is 3. The molecule has 0 bridgehead atoms. The molecule has 0 aliphatic heterocycles. The van der Waals surface area contributed by atoms with Crippen LogP contribution in [-0.2, 0) is 4.79 Å². The van der Waals surface area contributed by atoms with Crippen LogP contribution in [0, 0.1) is 0 Å². The molecule has 0 saturated heterocycles. The molecule has 2 aromatic rings. The molecule has 6 heteroatoms. The zero-order valence-corrected chi connectivity index (χ0v) is 9.27. The summed E-state index contributed by atoms with van der Waals surface area (Å²) < 4.78 is 0. The second-order valence-electron chi connectivity index (χ2n) is 3.48. The molecule has 0 unspecified atom stereocenters. The van der Waals surface area contributed by atoms with E-state index in [-0.39, 0.29) is 5.91 Å². The van der Waals surface area contributed by atoms with E-state index < -0.39 is 0 Å². The lowest BCUT2D eigenvalue weighted by Gasteiger charge is -2.04. The zero-order valence-electron chi connectivity index (χ0n) is 9.27. The number of carbonyl (C=O) groups is 1. The molecule has 2 rings (SSSR count). The molecule has 0 spiro atoms. The van der Waals surface area contributed by atoms with Crippen molar-refractivity contribution >= 4 is 11.7 Å². The van der Waals surface area contributed by atoms with Gasteiger partial charge in [0.05, 0.1) is 0 Å². The first-order chi connectivity index (χ1) is 8.16. The van der Waals surface area contributed by atoms with Gasteiger partial charge in [-0.25, -0.2) is 9.97 Å². The van der Waals surface area contributed by atoms with Crippen LogP contribution in [0.25, 0.3) is 11.5 Å². The van der Waals surface area contributed by atoms with Crippen LogP contribution in [0.2, 0.25) is 0 Å². The average Bonchev–Trinajstić information content (AvgIpc) is 2.82. The van der Waals surface area contributed by atoms with Crippen LogP contribution < -0.4 is 5.32 Å². The van der Waals surface area contributed by atoms with Crippen molar-refractivity contribution < 1.29 is 4.79 Å². The van der Waals surface area contributed by atoms with Crippen molar-refractivity contribution in [3.8, 4) is 11.5 Å². The fourth-order valence-electron chi connectivity index (χ4n) is 1.19. The third-order valence-electron chi connectivity index (χ3n) is 2.04. The Kier molecular flexibility index (Phi) is 2.95. The van der Waals surface area contributed by atoms with E-state index >= 15 is 0 Å². The first kappa shape index (κ1) is 11.0. The van der Waals surface area contributed by atoms with Gasteiger partial charge < -0.3 is 5.32 Å². The number of rotatable bonds is 3. The summed E-state index contributed by atoms with van der Waals surface area (Å²) in [4.78, 5) is 19.6. The monoisotopic (exact) mass is 229 g/mol. The maximum atomic E-state index is 11.4. The van der Waals surface area contributed by atoms with Gasteiger partial charge in [-0.15, -0.1) is 0 Å². The van der Waals surface area contributed by atoms with E-state index in [0.717, 1.165) is 0 Å². The molecule has 17 heavy (non-hydrogen) atoms. The first-order valence-electron chi connectivity index (χ1n) is 4.96. The molecule has 0 fully saturated rings. The van der Waals surface area contributed by atoms with Gasteiger partial charge in [-0.3, -0.25) is 9.89 Å². The number of aromatic amines is 1. The van der Waals surface area contributed by atoms with Crippen molar-refractivity contribution in [3.05, 3.63) is 36.7 Å². The van der Waals surface area contributed by atoms with Gasteiger partial charge in [-0.1, -0.05) is 12.6 Å². The Morgan fingerprint density at radius 1 is 1.47 bits per heavy atom. The van der Waals surface area contributed by atoms with Gasteiger partial charge in [0, 0.05) is 5.57 Å². The molecular weight excluding hydrogens is 218 g/mol. The predicted octanol–water partition coefficient (Wildman–Crippen LogP) is 1.38. The number of hydrogen-bond donors (Lipinski definition) is 2. The van der Waals surface area contributed by atoms with Gasteiger partial charge in [0.25, 0.3) is 5.91 Å². The van der Waals surface area contributed by atoms with Gasteiger partial charge in [0.1, 0.15) is 17.8 Å². The molecule has 0 atom stereocenters. The summed E-state index contributed by atoms with van der Waals surface area (Å²) in [6.07, 6.45) is 1.40. The molecule has 0 aliphatic carbocycles. The average molecular weight is 229 g/mol. The molecule has 2 aromatic heterocycles. The molecule has 0 saturated carbocycles. The van der Waals surface area contributed by atoms with Crippen molar-refractivity contribution in [2.45, 2.75) is 6.92 Å². The lowest BCUT2D eigenvalue weighted by atomic mass is 10.3. The summed E-state index contributed by atoms with van der Waals surface area (Å²) in [6.45, 7) is 5.19. The highest BCUT2D eigenvalue weighted by molar-refractivity contribution is 6.02. The lowest BCUT2D eigenvalue weighted by Crippen LogP contribution is -2.13. The number of anilines is 1. The number of amides is 1. The molecule has 0 aromatic carbocycles. The normalized spacial score (nSPS) is 9.94. The van der Waals surface area contributed by atoms with Gasteiger partial charge in [0.2, 0.25) is 0 Å². The van der Waals surface area contributed by atoms with Crippen LogP contribution in [0.5, 0.6) is 0 Å². The van der Waals surface area contributed by atoms with E-state index in [2.05, 4.69) is 32.1 Å². The quantitative estimate of drug-likeness (QED) is 0.779. The maximum absolute atomic E-state index is 11.4. The Morgan fingerprint density at radius 2 is 2.29 bits per heavy atom. The van der Waals surface area contributed by atoms with E-state index in [9.17, 15) is 4.79 Å². The van der Waals surface area contributed by atoms with Crippen LogP contribution in [0.15, 0.2) is 36.7 Å². The Morgan fingerprint density at radius 3 is 2.94 bits per heavy atom. The molecule has 2 heterocycles. The SMILES string of the molecule is C=C(C)C(=O)Nc1cccc(-c2ncn[nH]2)n1. The maximum Gasteiger partial charge on any atom is 0.251 e. The molecule has 2 N–H and O–H groups in total. The van der Waals surface area contributed by atoms with Crippen molar-refractivity contribution in [1.82, 2.24) is 20.2 Å². The minimum Gasteiger partial charge on any atom is -0.307 e. The van der Waals surface area contributed by atoms with Crippen molar-refractivity contribution in [2.75, 3.05) is 5.32 Å². The second kappa shape index (κ2) is 4.56. The smallest absolute Gasteiger partial charge is 0.251 e. The molecule has 0 aliphatic rings. The zero-order chi connectivity index (χ0) is 12.3. The van der Waals surface area contributed by atoms with Crippen LogP contribution in [0.1, 0.15) is 6.92 Å². The largest absolute Gasteiger partial charge is 0.307 e. The topological polar surface area (TPSA) is 83.6 Å². The van der Waals surface area contributed by atoms with Crippen molar-refractivity contribution in [3.63, 3.8) is 0 Å². The highest BCUT2D eigenvalue weighted by Gasteiger charge is 2.06. The van der Waals surface area contributed by atoms with Gasteiger partial charge >= 0.3 is 0 Å². The van der Waals surface area contributed by atoms with E-state index in [1.165, 1.54) is 6.33 Å². The van der Waals surface area contributed by atoms with Gasteiger partial charge in [0.15, 0.2) is 5.82 Å². The third kappa shape index (κ3) is 2.54. The van der Waals surface area contributed by atoms with Crippen LogP contribution in [0.4, 0.5) is 5.82 Å². The van der Waals surface area contributed by atoms with Gasteiger partial charge in [-0.05, 0) is 19.1 Å². The van der Waals surface area contributed by atoms with Crippen LogP contribution in [0.3, 0.4) is 0 Å². The standard InChI is InChI=1S/C11H11N5O/c1-7(2)11(17)15-9-5-3-4-8(14-9)10-12-6-13-16-10/h3-6H,1H2,2H3,(H,12,13,16)(H,14,15,17). The summed E-state index contributed by atoms with van der Waals surface area (Å²) in [7, 11) is 0. The fraction of sp³-hybridized carbons (Fsp3) is 0.0909. The van der Waals surface area contributed by atoms with E-state index in [1.54, 1.807) is 25.1 Å². The molecule has 6 nitrogen and oxygen atoms in total. The minimum absolute atomic E-state index is 0.257. The molecule has 1 amide bonds. The summed E-state index contributed by atoms with van der Waals surface area (Å²) in [5.74, 6) is 0.746. The number of pyridine rings is 1. The van der Waals surface area contributed by atoms with Crippen molar-refractivity contribution in [1.29, 1.82) is 0 Å². The third-order valence-corrected chi connectivity index (χ3v) is 2.04. The highest BCUT2D eigenvalue weighted by atomic mass is 16.1. The summed E-state index contributed by atoms with van der Waals surface area (Å²) in [6, 6.07) is 5.25. The Balaban J connectivity index is 2.23. The van der Waals surface area contributed by atoms with Crippen molar-refractivity contribution in [2.24, 2.45) is 0 Å². The lowest BCUT2D eigenvalue weighted by molar-refractivity contribution is -0.112. The van der Waals surface area contributed by atoms with Crippen LogP contribution in [-0.4, -0.2) is 26.1 Å². The molecule has 0 radical (unpaired) electrons. The van der Waals surface area contributed by atoms with E-state index in [1.807, 2.05) is 0 Å². The number of carbonyl (C=O) groups excluding carboxylic acids is 1. The minimum atomic E-state index is -0.257. The predicted molar refractivity (Wildman–Crippen MR) is 63.1 cm³/mol. The molecular formula is C11H11N5O. The Bertz CT molecular complexity index is 547. The second-order valence-corrected chi connectivity index (χ2v) is 3.48.